The monoisotopic (exact) mass is 282 g/mol. The van der Waals surface area contributed by atoms with Gasteiger partial charge in [0, 0.05) is 18.2 Å². The molecule has 7 heteroatoms. The summed E-state index contributed by atoms with van der Waals surface area (Å²) in [6.45, 7) is 2.18. The summed E-state index contributed by atoms with van der Waals surface area (Å²) in [5.41, 5.74) is -1.48. The molecule has 1 heterocycles. The first-order valence-electron chi connectivity index (χ1n) is 6.26. The van der Waals surface area contributed by atoms with E-state index in [9.17, 15) is 24.4 Å². The Labute approximate surface area is 115 Å². The van der Waals surface area contributed by atoms with Crippen LogP contribution in [0.1, 0.15) is 25.3 Å². The fraction of sp³-hybridized carbons (Fsp3) is 0.462. The fourth-order valence-electron chi connectivity index (χ4n) is 2.55. The smallest absolute Gasteiger partial charge is 0.323 e. The summed E-state index contributed by atoms with van der Waals surface area (Å²) in [5, 5.41) is 20.0. The lowest BCUT2D eigenvalue weighted by atomic mass is 9.98. The maximum absolute atomic E-state index is 14.0. The number of aliphatic carboxylic acids is 1. The number of carbonyl (C=O) groups is 1. The molecule has 6 nitrogen and oxygen atoms in total. The Kier molecular flexibility index (Phi) is 3.71. The molecule has 1 N–H and O–H groups in total. The van der Waals surface area contributed by atoms with Crippen molar-refractivity contribution in [3.05, 3.63) is 39.7 Å². The normalized spacial score (nSPS) is 22.9. The first-order valence-corrected chi connectivity index (χ1v) is 6.26. The van der Waals surface area contributed by atoms with Crippen molar-refractivity contribution >= 4 is 11.7 Å². The number of hydrogen-bond acceptors (Lipinski definition) is 4. The number of hydrogen-bond donors (Lipinski definition) is 1. The summed E-state index contributed by atoms with van der Waals surface area (Å²) >= 11 is 0. The summed E-state index contributed by atoms with van der Waals surface area (Å²) in [6.07, 6.45) is 1.19. The minimum Gasteiger partial charge on any atom is -0.480 e. The summed E-state index contributed by atoms with van der Waals surface area (Å²) in [6, 6.07) is 3.95. The fourth-order valence-corrected chi connectivity index (χ4v) is 2.55. The molecule has 20 heavy (non-hydrogen) atoms. The molecule has 1 fully saturated rings. The molecule has 1 atom stereocenters. The van der Waals surface area contributed by atoms with E-state index in [0.717, 1.165) is 6.07 Å². The molecule has 0 saturated carbocycles. The molecule has 0 aromatic heterocycles. The molecule has 0 spiro atoms. The van der Waals surface area contributed by atoms with Crippen LogP contribution in [0.4, 0.5) is 10.1 Å². The van der Waals surface area contributed by atoms with Crippen LogP contribution in [0.25, 0.3) is 0 Å². The molecule has 2 rings (SSSR count). The van der Waals surface area contributed by atoms with Crippen LogP contribution in [0.2, 0.25) is 0 Å². The van der Waals surface area contributed by atoms with Gasteiger partial charge >= 0.3 is 11.7 Å². The SMILES string of the molecule is CC1(C(=O)O)CCCN1Cc1cccc([N+](=O)[O-])c1F. The minimum absolute atomic E-state index is 0.0519. The van der Waals surface area contributed by atoms with Gasteiger partial charge in [-0.2, -0.15) is 4.39 Å². The summed E-state index contributed by atoms with van der Waals surface area (Å²) in [4.78, 5) is 22.9. The van der Waals surface area contributed by atoms with E-state index < -0.39 is 27.9 Å². The van der Waals surface area contributed by atoms with Gasteiger partial charge < -0.3 is 5.11 Å². The second-order valence-corrected chi connectivity index (χ2v) is 5.11. The quantitative estimate of drug-likeness (QED) is 0.676. The number of carboxylic acids is 1. The van der Waals surface area contributed by atoms with Crippen molar-refractivity contribution in [3.63, 3.8) is 0 Å². The van der Waals surface area contributed by atoms with Crippen LogP contribution in [0.3, 0.4) is 0 Å². The molecule has 0 amide bonds. The highest BCUT2D eigenvalue weighted by molar-refractivity contribution is 5.78. The van der Waals surface area contributed by atoms with Gasteiger partial charge in [0.15, 0.2) is 0 Å². The zero-order chi connectivity index (χ0) is 14.9. The van der Waals surface area contributed by atoms with E-state index in [1.807, 2.05) is 0 Å². The highest BCUT2D eigenvalue weighted by atomic mass is 19.1. The number of rotatable bonds is 4. The molecule has 1 aromatic rings. The Balaban J connectivity index is 2.29. The van der Waals surface area contributed by atoms with Crippen molar-refractivity contribution in [3.8, 4) is 0 Å². The second-order valence-electron chi connectivity index (χ2n) is 5.11. The van der Waals surface area contributed by atoms with Gasteiger partial charge in [-0.15, -0.1) is 0 Å². The first kappa shape index (κ1) is 14.4. The molecule has 1 unspecified atom stereocenters. The summed E-state index contributed by atoms with van der Waals surface area (Å²) < 4.78 is 14.0. The maximum atomic E-state index is 14.0. The molecule has 0 bridgehead atoms. The van der Waals surface area contributed by atoms with Gasteiger partial charge in [-0.05, 0) is 26.3 Å². The van der Waals surface area contributed by atoms with Crippen LogP contribution in [0.15, 0.2) is 18.2 Å². The van der Waals surface area contributed by atoms with Crippen molar-refractivity contribution in [1.29, 1.82) is 0 Å². The Hall–Kier alpha value is -2.02. The predicted octanol–water partition coefficient (Wildman–Crippen LogP) is 2.17. The van der Waals surface area contributed by atoms with Crippen LogP contribution in [0.5, 0.6) is 0 Å². The number of halogens is 1. The molecule has 0 radical (unpaired) electrons. The molecule has 1 saturated heterocycles. The van der Waals surface area contributed by atoms with Crippen LogP contribution in [0, 0.1) is 15.9 Å². The van der Waals surface area contributed by atoms with Gasteiger partial charge in [-0.25, -0.2) is 0 Å². The van der Waals surface area contributed by atoms with Gasteiger partial charge in [0.05, 0.1) is 4.92 Å². The van der Waals surface area contributed by atoms with E-state index in [2.05, 4.69) is 0 Å². The van der Waals surface area contributed by atoms with E-state index in [1.165, 1.54) is 12.1 Å². The van der Waals surface area contributed by atoms with E-state index in [0.29, 0.717) is 19.4 Å². The topological polar surface area (TPSA) is 83.7 Å². The third-order valence-electron chi connectivity index (χ3n) is 3.87. The van der Waals surface area contributed by atoms with Crippen LogP contribution in [-0.2, 0) is 11.3 Å². The molecule has 1 aromatic carbocycles. The zero-order valence-corrected chi connectivity index (χ0v) is 11.0. The average molecular weight is 282 g/mol. The van der Waals surface area contributed by atoms with Crippen molar-refractivity contribution in [2.24, 2.45) is 0 Å². The number of nitrogens with zero attached hydrogens (tertiary/aromatic N) is 2. The average Bonchev–Trinajstić information content (AvgIpc) is 2.74. The van der Waals surface area contributed by atoms with E-state index >= 15 is 0 Å². The molecular formula is C13H15FN2O4. The van der Waals surface area contributed by atoms with Crippen LogP contribution < -0.4 is 0 Å². The Morgan fingerprint density at radius 1 is 1.60 bits per heavy atom. The van der Waals surface area contributed by atoms with Crippen LogP contribution in [-0.4, -0.2) is 33.0 Å². The van der Waals surface area contributed by atoms with Crippen molar-refractivity contribution in [2.75, 3.05) is 6.54 Å². The van der Waals surface area contributed by atoms with E-state index in [1.54, 1.807) is 11.8 Å². The highest BCUT2D eigenvalue weighted by Crippen LogP contribution is 2.32. The van der Waals surface area contributed by atoms with Gasteiger partial charge in [-0.3, -0.25) is 19.8 Å². The van der Waals surface area contributed by atoms with Crippen LogP contribution >= 0.6 is 0 Å². The zero-order valence-electron chi connectivity index (χ0n) is 11.0. The number of carboxylic acid groups (broad SMARTS) is 1. The van der Waals surface area contributed by atoms with E-state index in [-0.39, 0.29) is 12.1 Å². The number of nitro benzene ring substituents is 1. The summed E-state index contributed by atoms with van der Waals surface area (Å²) in [7, 11) is 0. The largest absolute Gasteiger partial charge is 0.480 e. The molecule has 1 aliphatic rings. The second kappa shape index (κ2) is 5.16. The third kappa shape index (κ3) is 2.36. The van der Waals surface area contributed by atoms with E-state index in [4.69, 9.17) is 0 Å². The van der Waals surface area contributed by atoms with Gasteiger partial charge in [0.1, 0.15) is 5.54 Å². The molecule has 1 aliphatic heterocycles. The number of likely N-dealkylation sites (tertiary alicyclic amines) is 1. The van der Waals surface area contributed by atoms with Crippen molar-refractivity contribution < 1.29 is 19.2 Å². The van der Waals surface area contributed by atoms with Crippen molar-refractivity contribution in [1.82, 2.24) is 4.90 Å². The van der Waals surface area contributed by atoms with Gasteiger partial charge in [0.25, 0.3) is 0 Å². The lowest BCUT2D eigenvalue weighted by Crippen LogP contribution is -2.47. The summed E-state index contributed by atoms with van der Waals surface area (Å²) in [5.74, 6) is -1.85. The lowest BCUT2D eigenvalue weighted by Gasteiger charge is -2.31. The molecule has 0 aliphatic carbocycles. The molecule has 108 valence electrons. The Morgan fingerprint density at radius 2 is 2.30 bits per heavy atom. The predicted molar refractivity (Wildman–Crippen MR) is 68.7 cm³/mol. The standard InChI is InChI=1S/C13H15FN2O4/c1-13(12(17)18)6-3-7-15(13)8-9-4-2-5-10(11(9)14)16(19)20/h2,4-5H,3,6-8H2,1H3,(H,17,18). The molecular weight excluding hydrogens is 267 g/mol. The Morgan fingerprint density at radius 3 is 2.90 bits per heavy atom. The number of nitro groups is 1. The van der Waals surface area contributed by atoms with Crippen molar-refractivity contribution in [2.45, 2.75) is 31.8 Å². The maximum Gasteiger partial charge on any atom is 0.323 e. The van der Waals surface area contributed by atoms with Gasteiger partial charge in [0.2, 0.25) is 5.82 Å². The van der Waals surface area contributed by atoms with Gasteiger partial charge in [-0.1, -0.05) is 12.1 Å². The third-order valence-corrected chi connectivity index (χ3v) is 3.87. The Bertz CT molecular complexity index is 563. The minimum atomic E-state index is -1.04. The number of benzene rings is 1. The first-order chi connectivity index (χ1) is 9.36. The highest BCUT2D eigenvalue weighted by Gasteiger charge is 2.43. The lowest BCUT2D eigenvalue weighted by molar-refractivity contribution is -0.387.